The Balaban J connectivity index is 2.48. The van der Waals surface area contributed by atoms with E-state index in [2.05, 4.69) is 0 Å². The molecule has 0 saturated heterocycles. The van der Waals surface area contributed by atoms with Crippen LogP contribution in [0.5, 0.6) is 5.75 Å². The molecule has 3 rings (SSSR count). The molecule has 1 amide bonds. The van der Waals surface area contributed by atoms with E-state index in [4.69, 9.17) is 4.74 Å². The molecule has 0 spiro atoms. The van der Waals surface area contributed by atoms with Gasteiger partial charge in [0, 0.05) is 25.6 Å². The highest BCUT2D eigenvalue weighted by molar-refractivity contribution is 5.96. The number of carbonyl (C=O) groups excluding carboxylic acids is 1. The molecule has 2 aliphatic heterocycles. The zero-order chi connectivity index (χ0) is 15.5. The summed E-state index contributed by atoms with van der Waals surface area (Å²) in [6.07, 6.45) is 0.566. The number of carbonyl (C=O) groups is 1. The van der Waals surface area contributed by atoms with Gasteiger partial charge >= 0.3 is 0 Å². The van der Waals surface area contributed by atoms with Crippen molar-refractivity contribution < 1.29 is 14.6 Å². The van der Waals surface area contributed by atoms with Crippen molar-refractivity contribution in [3.05, 3.63) is 27.2 Å². The summed E-state index contributed by atoms with van der Waals surface area (Å²) in [5.41, 5.74) is 0.636. The molecular formula is C15H20N2O4. The monoisotopic (exact) mass is 292 g/mol. The molecule has 0 fully saturated rings. The number of amides is 1. The fourth-order valence-electron chi connectivity index (χ4n) is 3.85. The number of ether oxygens (including phenoxy) is 1. The molecule has 6 nitrogen and oxygen atoms in total. The highest BCUT2D eigenvalue weighted by Crippen LogP contribution is 2.47. The van der Waals surface area contributed by atoms with Crippen molar-refractivity contribution in [1.82, 2.24) is 9.47 Å². The van der Waals surface area contributed by atoms with Crippen LogP contribution < -0.4 is 10.2 Å². The molecular weight excluding hydrogens is 272 g/mol. The van der Waals surface area contributed by atoms with Crippen LogP contribution in [-0.2, 0) is 5.54 Å². The van der Waals surface area contributed by atoms with Gasteiger partial charge in [0.05, 0.1) is 24.4 Å². The first kappa shape index (κ1) is 14.1. The van der Waals surface area contributed by atoms with Crippen LogP contribution >= 0.6 is 0 Å². The first-order valence-corrected chi connectivity index (χ1v) is 7.15. The maximum absolute atomic E-state index is 12.6. The van der Waals surface area contributed by atoms with E-state index >= 15 is 0 Å². The number of aliphatic hydroxyl groups is 1. The number of aliphatic hydroxyl groups excluding tert-OH is 1. The molecule has 21 heavy (non-hydrogen) atoms. The summed E-state index contributed by atoms with van der Waals surface area (Å²) in [7, 11) is 3.12. The van der Waals surface area contributed by atoms with Gasteiger partial charge in [-0.3, -0.25) is 9.59 Å². The first-order valence-electron chi connectivity index (χ1n) is 7.15. The molecule has 0 aliphatic carbocycles. The molecule has 1 N–H and O–H groups in total. The summed E-state index contributed by atoms with van der Waals surface area (Å²) >= 11 is 0. The Bertz CT molecular complexity index is 694. The lowest BCUT2D eigenvalue weighted by atomic mass is 9.89. The average molecular weight is 292 g/mol. The molecule has 2 unspecified atom stereocenters. The second-order valence-corrected chi connectivity index (χ2v) is 6.02. The number of rotatable bonds is 2. The van der Waals surface area contributed by atoms with E-state index in [-0.39, 0.29) is 28.3 Å². The minimum atomic E-state index is -0.721. The minimum Gasteiger partial charge on any atom is -0.491 e. The predicted octanol–water partition coefficient (Wildman–Crippen LogP) is 0.793. The lowest BCUT2D eigenvalue weighted by molar-refractivity contribution is 0.0568. The number of hydrogen-bond acceptors (Lipinski definition) is 4. The fraction of sp³-hybridized carbons (Fsp3) is 0.600. The van der Waals surface area contributed by atoms with Crippen LogP contribution in [0.1, 0.15) is 47.6 Å². The smallest absolute Gasteiger partial charge is 0.274 e. The van der Waals surface area contributed by atoms with Crippen molar-refractivity contribution >= 4 is 5.91 Å². The third-order valence-corrected chi connectivity index (χ3v) is 4.92. The van der Waals surface area contributed by atoms with E-state index in [1.54, 1.807) is 18.9 Å². The maximum atomic E-state index is 12.6. The molecule has 114 valence electrons. The normalized spacial score (nSPS) is 27.0. The van der Waals surface area contributed by atoms with Crippen LogP contribution in [0.3, 0.4) is 0 Å². The summed E-state index contributed by atoms with van der Waals surface area (Å²) in [6, 6.07) is 0. The van der Waals surface area contributed by atoms with E-state index in [0.29, 0.717) is 24.2 Å². The molecule has 3 heterocycles. The molecule has 6 heteroatoms. The van der Waals surface area contributed by atoms with Gasteiger partial charge in [0.2, 0.25) is 5.43 Å². The Labute approximate surface area is 122 Å². The van der Waals surface area contributed by atoms with Crippen LogP contribution in [0.25, 0.3) is 0 Å². The summed E-state index contributed by atoms with van der Waals surface area (Å²) in [5, 5.41) is 10.4. The van der Waals surface area contributed by atoms with Gasteiger partial charge in [-0.2, -0.15) is 0 Å². The minimum absolute atomic E-state index is 0.0831. The Morgan fingerprint density at radius 3 is 2.67 bits per heavy atom. The molecule has 0 aromatic carbocycles. The van der Waals surface area contributed by atoms with E-state index in [9.17, 15) is 14.7 Å². The number of likely N-dealkylation sites (N-methyl/N-ethyl adjacent to an activating group) is 1. The summed E-state index contributed by atoms with van der Waals surface area (Å²) in [6.45, 7) is 4.26. The van der Waals surface area contributed by atoms with Gasteiger partial charge in [-0.15, -0.1) is 0 Å². The van der Waals surface area contributed by atoms with Crippen LogP contribution in [0.2, 0.25) is 0 Å². The maximum Gasteiger partial charge on any atom is 0.274 e. The second-order valence-electron chi connectivity index (χ2n) is 6.02. The molecule has 0 bridgehead atoms. The van der Waals surface area contributed by atoms with Gasteiger partial charge in [0.25, 0.3) is 5.91 Å². The Morgan fingerprint density at radius 1 is 1.43 bits per heavy atom. The Morgan fingerprint density at radius 2 is 2.10 bits per heavy atom. The summed E-state index contributed by atoms with van der Waals surface area (Å²) in [4.78, 5) is 26.6. The Hall–Kier alpha value is -1.82. The van der Waals surface area contributed by atoms with Crippen molar-refractivity contribution in [1.29, 1.82) is 0 Å². The van der Waals surface area contributed by atoms with Gasteiger partial charge in [-0.25, -0.2) is 0 Å². The molecule has 1 aromatic heterocycles. The van der Waals surface area contributed by atoms with Gasteiger partial charge in [-0.05, 0) is 13.3 Å². The lowest BCUT2D eigenvalue weighted by Crippen LogP contribution is -2.51. The van der Waals surface area contributed by atoms with Crippen molar-refractivity contribution in [3.8, 4) is 5.75 Å². The number of aromatic nitrogens is 1. The number of methoxy groups -OCH3 is 1. The predicted molar refractivity (Wildman–Crippen MR) is 76.8 cm³/mol. The SMILES string of the molecule is CCC12CC(O)c3c(C)c(=O)c(OC)c(n31)C(=O)N(C)C2. The highest BCUT2D eigenvalue weighted by Gasteiger charge is 2.50. The quantitative estimate of drug-likeness (QED) is 0.875. The van der Waals surface area contributed by atoms with Gasteiger partial charge in [-0.1, -0.05) is 6.92 Å². The lowest BCUT2D eigenvalue weighted by Gasteiger charge is -2.41. The van der Waals surface area contributed by atoms with Gasteiger partial charge < -0.3 is 19.3 Å². The van der Waals surface area contributed by atoms with Crippen LogP contribution in [0.4, 0.5) is 0 Å². The molecule has 0 radical (unpaired) electrons. The topological polar surface area (TPSA) is 71.8 Å². The standard InChI is InChI=1S/C15H20N2O4/c1-5-15-6-9(18)10-8(2)12(19)13(21-4)11(17(10)15)14(20)16(3)7-15/h9,18H,5-7H2,1-4H3. The van der Waals surface area contributed by atoms with E-state index < -0.39 is 6.10 Å². The average Bonchev–Trinajstić information content (AvgIpc) is 2.74. The molecule has 2 aliphatic rings. The zero-order valence-electron chi connectivity index (χ0n) is 12.8. The van der Waals surface area contributed by atoms with E-state index in [1.165, 1.54) is 7.11 Å². The fourth-order valence-corrected chi connectivity index (χ4v) is 3.85. The number of pyridine rings is 1. The van der Waals surface area contributed by atoms with Crippen LogP contribution in [-0.4, -0.2) is 41.2 Å². The van der Waals surface area contributed by atoms with Crippen molar-refractivity contribution in [3.63, 3.8) is 0 Å². The third-order valence-electron chi connectivity index (χ3n) is 4.92. The molecule has 2 atom stereocenters. The van der Waals surface area contributed by atoms with Crippen molar-refractivity contribution in [2.24, 2.45) is 0 Å². The van der Waals surface area contributed by atoms with Crippen LogP contribution in [0.15, 0.2) is 4.79 Å². The second kappa shape index (κ2) is 4.34. The van der Waals surface area contributed by atoms with Crippen molar-refractivity contribution in [2.75, 3.05) is 20.7 Å². The number of nitrogens with zero attached hydrogens (tertiary/aromatic N) is 2. The Kier molecular flexibility index (Phi) is 2.92. The van der Waals surface area contributed by atoms with Gasteiger partial charge in [0.1, 0.15) is 0 Å². The molecule has 0 saturated carbocycles. The third kappa shape index (κ3) is 1.56. The van der Waals surface area contributed by atoms with Gasteiger partial charge in [0.15, 0.2) is 11.4 Å². The summed E-state index contributed by atoms with van der Waals surface area (Å²) < 4.78 is 7.11. The number of hydrogen-bond donors (Lipinski definition) is 1. The highest BCUT2D eigenvalue weighted by atomic mass is 16.5. The summed E-state index contributed by atoms with van der Waals surface area (Å²) in [5.74, 6) is -0.150. The first-order chi connectivity index (χ1) is 9.88. The van der Waals surface area contributed by atoms with Crippen molar-refractivity contribution in [2.45, 2.75) is 38.3 Å². The largest absolute Gasteiger partial charge is 0.491 e. The zero-order valence-corrected chi connectivity index (χ0v) is 12.8. The van der Waals surface area contributed by atoms with Crippen LogP contribution in [0, 0.1) is 6.92 Å². The van der Waals surface area contributed by atoms with E-state index in [1.807, 2.05) is 11.5 Å². The molecule has 1 aromatic rings. The van der Waals surface area contributed by atoms with E-state index in [0.717, 1.165) is 6.42 Å².